The van der Waals surface area contributed by atoms with Crippen LogP contribution < -0.4 is 5.56 Å². The molecular formula is C22H21Cl2N3O2. The van der Waals surface area contributed by atoms with Crippen molar-refractivity contribution in [3.8, 4) is 22.4 Å². The number of carbonyl (C=O) groups excluding carboxylic acids is 1. The lowest BCUT2D eigenvalue weighted by molar-refractivity contribution is 0.101. The van der Waals surface area contributed by atoms with E-state index >= 15 is 0 Å². The van der Waals surface area contributed by atoms with E-state index in [1.165, 1.54) is 11.6 Å². The molecule has 0 atom stereocenters. The van der Waals surface area contributed by atoms with Crippen molar-refractivity contribution in [1.82, 2.24) is 14.7 Å². The Morgan fingerprint density at radius 3 is 1.97 bits per heavy atom. The molecule has 1 aromatic heterocycles. The van der Waals surface area contributed by atoms with E-state index < -0.39 is 5.56 Å². The van der Waals surface area contributed by atoms with Crippen LogP contribution in [0.1, 0.15) is 17.3 Å². The molecule has 29 heavy (non-hydrogen) atoms. The van der Waals surface area contributed by atoms with Gasteiger partial charge < -0.3 is 4.90 Å². The van der Waals surface area contributed by atoms with Gasteiger partial charge in [0.1, 0.15) is 0 Å². The van der Waals surface area contributed by atoms with Gasteiger partial charge in [-0.25, -0.2) is 4.68 Å². The average molecular weight is 430 g/mol. The van der Waals surface area contributed by atoms with Crippen LogP contribution in [0.4, 0.5) is 0 Å². The lowest BCUT2D eigenvalue weighted by Gasteiger charge is -2.17. The Morgan fingerprint density at radius 1 is 0.966 bits per heavy atom. The van der Waals surface area contributed by atoms with Crippen LogP contribution in [0.2, 0.25) is 10.0 Å². The number of ketones is 1. The summed E-state index contributed by atoms with van der Waals surface area (Å²) >= 11 is 12.1. The number of carbonyl (C=O) groups is 1. The number of benzene rings is 2. The van der Waals surface area contributed by atoms with Crippen LogP contribution in [0.5, 0.6) is 0 Å². The smallest absolute Gasteiger partial charge is 0.278 e. The fraction of sp³-hybridized carbons (Fsp3) is 0.227. The number of rotatable bonds is 6. The minimum absolute atomic E-state index is 0.117. The molecule has 0 radical (unpaired) electrons. The third-order valence-corrected chi connectivity index (χ3v) is 5.02. The zero-order chi connectivity index (χ0) is 21.1. The van der Waals surface area contributed by atoms with E-state index in [4.69, 9.17) is 23.2 Å². The van der Waals surface area contributed by atoms with E-state index in [1.807, 2.05) is 31.1 Å². The monoisotopic (exact) mass is 429 g/mol. The predicted octanol–water partition coefficient (Wildman–Crippen LogP) is 4.65. The number of hydrogen-bond donors (Lipinski definition) is 0. The molecule has 0 aliphatic rings. The molecule has 5 nitrogen and oxygen atoms in total. The third-order valence-electron chi connectivity index (χ3n) is 4.52. The Hall–Kier alpha value is -2.47. The molecule has 0 N–H and O–H groups in total. The second kappa shape index (κ2) is 8.91. The maximum absolute atomic E-state index is 13.1. The van der Waals surface area contributed by atoms with Gasteiger partial charge in [-0.2, -0.15) is 5.10 Å². The van der Waals surface area contributed by atoms with Crippen molar-refractivity contribution in [2.45, 2.75) is 13.5 Å². The molecular weight excluding hydrogens is 409 g/mol. The first-order valence-corrected chi connectivity index (χ1v) is 9.86. The van der Waals surface area contributed by atoms with Crippen LogP contribution in [-0.2, 0) is 6.54 Å². The van der Waals surface area contributed by atoms with Crippen molar-refractivity contribution in [3.05, 3.63) is 74.5 Å². The van der Waals surface area contributed by atoms with Crippen molar-refractivity contribution < 1.29 is 4.79 Å². The Kier molecular flexibility index (Phi) is 6.52. The lowest BCUT2D eigenvalue weighted by Crippen LogP contribution is -2.33. The molecule has 1 heterocycles. The van der Waals surface area contributed by atoms with Crippen LogP contribution in [-0.4, -0.2) is 41.1 Å². The molecule has 150 valence electrons. The standard InChI is InChI=1S/C22H21Cl2N3O2/c1-14(28)19-20(15-4-8-17(23)9-5-15)21(16-6-10-18(24)11-7-16)25-27(22(19)29)13-12-26(2)3/h4-11H,12-13H2,1-3H3. The highest BCUT2D eigenvalue weighted by molar-refractivity contribution is 6.31. The van der Waals surface area contributed by atoms with Crippen molar-refractivity contribution >= 4 is 29.0 Å². The number of nitrogens with zero attached hydrogens (tertiary/aromatic N) is 3. The number of Topliss-reactive ketones (excluding diaryl/α,β-unsaturated/α-hetero) is 1. The summed E-state index contributed by atoms with van der Waals surface area (Å²) in [6.07, 6.45) is 0. The van der Waals surface area contributed by atoms with Crippen molar-refractivity contribution in [2.24, 2.45) is 0 Å². The SMILES string of the molecule is CC(=O)c1c(-c2ccc(Cl)cc2)c(-c2ccc(Cl)cc2)nn(CCN(C)C)c1=O. The molecule has 3 aromatic rings. The first kappa shape index (κ1) is 21.2. The number of aromatic nitrogens is 2. The van der Waals surface area contributed by atoms with Gasteiger partial charge >= 0.3 is 0 Å². The van der Waals surface area contributed by atoms with Crippen LogP contribution in [0.25, 0.3) is 22.4 Å². The van der Waals surface area contributed by atoms with Crippen molar-refractivity contribution in [3.63, 3.8) is 0 Å². The molecule has 0 spiro atoms. The van der Waals surface area contributed by atoms with E-state index in [0.717, 1.165) is 5.56 Å². The van der Waals surface area contributed by atoms with E-state index in [-0.39, 0.29) is 11.3 Å². The normalized spacial score (nSPS) is 11.1. The summed E-state index contributed by atoms with van der Waals surface area (Å²) in [4.78, 5) is 27.6. The van der Waals surface area contributed by atoms with E-state index in [1.54, 1.807) is 36.4 Å². The predicted molar refractivity (Wildman–Crippen MR) is 118 cm³/mol. The quantitative estimate of drug-likeness (QED) is 0.535. The maximum atomic E-state index is 13.1. The first-order valence-electron chi connectivity index (χ1n) is 9.10. The molecule has 0 saturated heterocycles. The number of hydrogen-bond acceptors (Lipinski definition) is 4. The summed E-state index contributed by atoms with van der Waals surface area (Å²) in [5.74, 6) is -0.309. The van der Waals surface area contributed by atoms with Gasteiger partial charge in [0.25, 0.3) is 5.56 Å². The first-order chi connectivity index (χ1) is 13.8. The zero-order valence-corrected chi connectivity index (χ0v) is 18.0. The van der Waals surface area contributed by atoms with E-state index in [2.05, 4.69) is 5.10 Å². The summed E-state index contributed by atoms with van der Waals surface area (Å²) in [5.41, 5.74) is 2.23. The van der Waals surface area contributed by atoms with Gasteiger partial charge in [0.15, 0.2) is 5.78 Å². The topological polar surface area (TPSA) is 55.2 Å². The summed E-state index contributed by atoms with van der Waals surface area (Å²) in [5, 5.41) is 5.80. The number of likely N-dealkylation sites (N-methyl/N-ethyl adjacent to an activating group) is 1. The Balaban J connectivity index is 2.35. The van der Waals surface area contributed by atoms with Gasteiger partial charge in [-0.1, -0.05) is 47.5 Å². The Bertz CT molecular complexity index is 1090. The summed E-state index contributed by atoms with van der Waals surface area (Å²) in [6.45, 7) is 2.39. The van der Waals surface area contributed by atoms with Crippen molar-refractivity contribution in [1.29, 1.82) is 0 Å². The highest BCUT2D eigenvalue weighted by atomic mass is 35.5. The van der Waals surface area contributed by atoms with Gasteiger partial charge in [0.2, 0.25) is 0 Å². The van der Waals surface area contributed by atoms with Gasteiger partial charge in [0, 0.05) is 27.7 Å². The van der Waals surface area contributed by atoms with Gasteiger partial charge in [-0.15, -0.1) is 0 Å². The molecule has 0 saturated carbocycles. The fourth-order valence-electron chi connectivity index (χ4n) is 3.05. The highest BCUT2D eigenvalue weighted by Crippen LogP contribution is 2.33. The van der Waals surface area contributed by atoms with Crippen LogP contribution >= 0.6 is 23.2 Å². The van der Waals surface area contributed by atoms with E-state index in [0.29, 0.717) is 40.0 Å². The minimum Gasteiger partial charge on any atom is -0.308 e. The van der Waals surface area contributed by atoms with Gasteiger partial charge in [-0.05, 0) is 50.8 Å². The number of halogens is 2. The molecule has 0 aliphatic heterocycles. The molecule has 0 fully saturated rings. The van der Waals surface area contributed by atoms with Gasteiger partial charge in [-0.3, -0.25) is 9.59 Å². The lowest BCUT2D eigenvalue weighted by atomic mass is 9.94. The molecule has 3 rings (SSSR count). The Labute approximate surface area is 179 Å². The maximum Gasteiger partial charge on any atom is 0.278 e. The average Bonchev–Trinajstić information content (AvgIpc) is 2.67. The molecule has 0 unspecified atom stereocenters. The molecule has 0 amide bonds. The second-order valence-electron chi connectivity index (χ2n) is 7.00. The van der Waals surface area contributed by atoms with Crippen LogP contribution in [0.15, 0.2) is 53.3 Å². The van der Waals surface area contributed by atoms with Gasteiger partial charge in [0.05, 0.1) is 17.8 Å². The van der Waals surface area contributed by atoms with Crippen LogP contribution in [0.3, 0.4) is 0 Å². The third kappa shape index (κ3) is 4.75. The van der Waals surface area contributed by atoms with E-state index in [9.17, 15) is 9.59 Å². The molecule has 7 heteroatoms. The van der Waals surface area contributed by atoms with Crippen molar-refractivity contribution in [2.75, 3.05) is 20.6 Å². The summed E-state index contributed by atoms with van der Waals surface area (Å²) in [7, 11) is 3.83. The summed E-state index contributed by atoms with van der Waals surface area (Å²) < 4.78 is 1.36. The highest BCUT2D eigenvalue weighted by Gasteiger charge is 2.23. The largest absolute Gasteiger partial charge is 0.308 e. The Morgan fingerprint density at radius 2 is 1.48 bits per heavy atom. The molecule has 2 aromatic carbocycles. The minimum atomic E-state index is -0.401. The zero-order valence-electron chi connectivity index (χ0n) is 16.4. The second-order valence-corrected chi connectivity index (χ2v) is 7.87. The summed E-state index contributed by atoms with van der Waals surface area (Å²) in [6, 6.07) is 14.2. The fourth-order valence-corrected chi connectivity index (χ4v) is 3.30. The van der Waals surface area contributed by atoms with Crippen LogP contribution in [0, 0.1) is 0 Å². The molecule has 0 aliphatic carbocycles. The molecule has 0 bridgehead atoms.